The van der Waals surface area contributed by atoms with Crippen LogP contribution in [0.4, 0.5) is 10.1 Å². The molecule has 0 aliphatic carbocycles. The number of sulfonamides is 1. The van der Waals surface area contributed by atoms with E-state index in [9.17, 15) is 12.8 Å². The van der Waals surface area contributed by atoms with Crippen LogP contribution in [0.25, 0.3) is 0 Å². The molecule has 0 saturated carbocycles. The third-order valence-corrected chi connectivity index (χ3v) is 3.89. The molecule has 0 atom stereocenters. The van der Waals surface area contributed by atoms with Gasteiger partial charge < -0.3 is 10.7 Å². The average Bonchev–Trinajstić information content (AvgIpc) is 2.80. The molecular formula is C11H13FN4O2S. The smallest absolute Gasteiger partial charge is 0.240 e. The number of nitrogens with zero attached hydrogens (tertiary/aromatic N) is 1. The standard InChI is InChI=1S/C11H13FN4O2S/c12-8-3-9(13)5-11(4-8)19(17,18)16-2-1-10-6-14-7-15-10/h3-7,16H,1-2,13H2,(H,14,15). The van der Waals surface area contributed by atoms with Crippen molar-refractivity contribution in [2.45, 2.75) is 11.3 Å². The fourth-order valence-corrected chi connectivity index (χ4v) is 2.66. The van der Waals surface area contributed by atoms with Crippen LogP contribution in [-0.4, -0.2) is 24.9 Å². The van der Waals surface area contributed by atoms with Gasteiger partial charge >= 0.3 is 0 Å². The van der Waals surface area contributed by atoms with Gasteiger partial charge in [0.15, 0.2) is 0 Å². The molecule has 2 rings (SSSR count). The van der Waals surface area contributed by atoms with E-state index in [1.165, 1.54) is 12.4 Å². The molecule has 19 heavy (non-hydrogen) atoms. The Kier molecular flexibility index (Phi) is 3.82. The fourth-order valence-electron chi connectivity index (χ4n) is 1.56. The van der Waals surface area contributed by atoms with E-state index in [1.54, 1.807) is 6.20 Å². The molecule has 0 bridgehead atoms. The summed E-state index contributed by atoms with van der Waals surface area (Å²) >= 11 is 0. The van der Waals surface area contributed by atoms with E-state index in [1.807, 2.05) is 0 Å². The third kappa shape index (κ3) is 3.52. The number of aromatic nitrogens is 2. The first-order valence-electron chi connectivity index (χ1n) is 5.50. The second-order valence-electron chi connectivity index (χ2n) is 3.94. The highest BCUT2D eigenvalue weighted by Gasteiger charge is 2.15. The summed E-state index contributed by atoms with van der Waals surface area (Å²) in [7, 11) is -3.76. The Morgan fingerprint density at radius 2 is 2.16 bits per heavy atom. The number of nitrogens with one attached hydrogen (secondary N) is 2. The van der Waals surface area contributed by atoms with Crippen molar-refractivity contribution >= 4 is 15.7 Å². The summed E-state index contributed by atoms with van der Waals surface area (Å²) in [5.41, 5.74) is 6.29. The van der Waals surface area contributed by atoms with Gasteiger partial charge in [-0.05, 0) is 18.2 Å². The van der Waals surface area contributed by atoms with Gasteiger partial charge in [0.1, 0.15) is 5.82 Å². The Morgan fingerprint density at radius 1 is 1.37 bits per heavy atom. The lowest BCUT2D eigenvalue weighted by molar-refractivity contribution is 0.577. The Bertz CT molecular complexity index is 635. The van der Waals surface area contributed by atoms with Gasteiger partial charge in [-0.15, -0.1) is 0 Å². The molecule has 0 radical (unpaired) electrons. The number of H-pyrrole nitrogens is 1. The van der Waals surface area contributed by atoms with E-state index >= 15 is 0 Å². The summed E-state index contributed by atoms with van der Waals surface area (Å²) in [6, 6.07) is 3.19. The van der Waals surface area contributed by atoms with Crippen LogP contribution < -0.4 is 10.5 Å². The van der Waals surface area contributed by atoms with Crippen molar-refractivity contribution in [2.24, 2.45) is 0 Å². The third-order valence-electron chi connectivity index (χ3n) is 2.45. The van der Waals surface area contributed by atoms with Crippen molar-refractivity contribution < 1.29 is 12.8 Å². The maximum atomic E-state index is 13.1. The molecule has 0 saturated heterocycles. The van der Waals surface area contributed by atoms with E-state index in [0.29, 0.717) is 6.42 Å². The average molecular weight is 284 g/mol. The summed E-state index contributed by atoms with van der Waals surface area (Å²) in [6.07, 6.45) is 3.58. The molecule has 0 aliphatic heterocycles. The minimum atomic E-state index is -3.76. The maximum absolute atomic E-state index is 13.1. The van der Waals surface area contributed by atoms with Crippen LogP contribution in [0.2, 0.25) is 0 Å². The highest BCUT2D eigenvalue weighted by molar-refractivity contribution is 7.89. The Morgan fingerprint density at radius 3 is 2.79 bits per heavy atom. The SMILES string of the molecule is Nc1cc(F)cc(S(=O)(=O)NCCc2cnc[nH]2)c1. The van der Waals surface area contributed by atoms with E-state index in [4.69, 9.17) is 5.73 Å². The highest BCUT2D eigenvalue weighted by Crippen LogP contribution is 2.15. The lowest BCUT2D eigenvalue weighted by Crippen LogP contribution is -2.26. The first kappa shape index (κ1) is 13.5. The van der Waals surface area contributed by atoms with Gasteiger partial charge in [-0.25, -0.2) is 22.5 Å². The van der Waals surface area contributed by atoms with Gasteiger partial charge in [-0.3, -0.25) is 0 Å². The molecule has 4 N–H and O–H groups in total. The van der Waals surface area contributed by atoms with Crippen molar-refractivity contribution in [2.75, 3.05) is 12.3 Å². The number of nitrogens with two attached hydrogens (primary N) is 1. The summed E-state index contributed by atoms with van der Waals surface area (Å²) in [5, 5.41) is 0. The summed E-state index contributed by atoms with van der Waals surface area (Å²) in [4.78, 5) is 6.49. The molecule has 102 valence electrons. The van der Waals surface area contributed by atoms with E-state index < -0.39 is 15.8 Å². The maximum Gasteiger partial charge on any atom is 0.240 e. The van der Waals surface area contributed by atoms with Crippen LogP contribution in [-0.2, 0) is 16.4 Å². The van der Waals surface area contributed by atoms with Gasteiger partial charge in [-0.1, -0.05) is 0 Å². The summed E-state index contributed by atoms with van der Waals surface area (Å²) < 4.78 is 39.3. The van der Waals surface area contributed by atoms with Crippen LogP contribution in [0.1, 0.15) is 5.69 Å². The van der Waals surface area contributed by atoms with Crippen molar-refractivity contribution in [3.63, 3.8) is 0 Å². The first-order chi connectivity index (χ1) is 8.97. The number of imidazole rings is 1. The highest BCUT2D eigenvalue weighted by atomic mass is 32.2. The fraction of sp³-hybridized carbons (Fsp3) is 0.182. The monoisotopic (exact) mass is 284 g/mol. The minimum absolute atomic E-state index is 0.0638. The van der Waals surface area contributed by atoms with Crippen LogP contribution >= 0.6 is 0 Å². The predicted molar refractivity (Wildman–Crippen MR) is 68.3 cm³/mol. The molecule has 0 unspecified atom stereocenters. The molecule has 0 aliphatic rings. The van der Waals surface area contributed by atoms with Crippen molar-refractivity contribution in [1.29, 1.82) is 0 Å². The predicted octanol–water partition coefficient (Wildman–Crippen LogP) is 0.652. The lowest BCUT2D eigenvalue weighted by Gasteiger charge is -2.07. The van der Waals surface area contributed by atoms with Crippen LogP contribution in [0.5, 0.6) is 0 Å². The molecule has 1 aromatic heterocycles. The largest absolute Gasteiger partial charge is 0.399 e. The summed E-state index contributed by atoms with van der Waals surface area (Å²) in [5.74, 6) is -0.686. The Labute approximate surface area is 109 Å². The van der Waals surface area contributed by atoms with E-state index in [2.05, 4.69) is 14.7 Å². The second kappa shape index (κ2) is 5.37. The lowest BCUT2D eigenvalue weighted by atomic mass is 10.3. The van der Waals surface area contributed by atoms with E-state index in [0.717, 1.165) is 17.8 Å². The summed E-state index contributed by atoms with van der Waals surface area (Å²) in [6.45, 7) is 0.181. The quantitative estimate of drug-likeness (QED) is 0.702. The van der Waals surface area contributed by atoms with Gasteiger partial charge in [0.2, 0.25) is 10.0 Å². The molecule has 8 heteroatoms. The van der Waals surface area contributed by atoms with Crippen LogP contribution in [0.15, 0.2) is 35.6 Å². The van der Waals surface area contributed by atoms with Gasteiger partial charge in [0, 0.05) is 30.5 Å². The number of aromatic amines is 1. The number of hydrogen-bond donors (Lipinski definition) is 3. The second-order valence-corrected chi connectivity index (χ2v) is 5.71. The molecule has 0 fully saturated rings. The van der Waals surface area contributed by atoms with Crippen LogP contribution in [0.3, 0.4) is 0 Å². The molecule has 2 aromatic rings. The number of benzene rings is 1. The Hall–Kier alpha value is -1.93. The molecule has 1 heterocycles. The van der Waals surface area contributed by atoms with Crippen LogP contribution in [0, 0.1) is 5.82 Å². The van der Waals surface area contributed by atoms with Gasteiger partial charge in [-0.2, -0.15) is 0 Å². The first-order valence-corrected chi connectivity index (χ1v) is 6.99. The number of nitrogen functional groups attached to an aromatic ring is 1. The Balaban J connectivity index is 2.05. The zero-order valence-corrected chi connectivity index (χ0v) is 10.7. The number of halogens is 1. The molecule has 0 amide bonds. The number of anilines is 1. The molecule has 0 spiro atoms. The topological polar surface area (TPSA) is 101 Å². The van der Waals surface area contributed by atoms with Crippen molar-refractivity contribution in [3.05, 3.63) is 42.2 Å². The zero-order chi connectivity index (χ0) is 13.9. The van der Waals surface area contributed by atoms with E-state index in [-0.39, 0.29) is 17.1 Å². The number of hydrogen-bond acceptors (Lipinski definition) is 4. The normalized spacial score (nSPS) is 11.6. The number of rotatable bonds is 5. The van der Waals surface area contributed by atoms with Crippen molar-refractivity contribution in [3.8, 4) is 0 Å². The van der Waals surface area contributed by atoms with Crippen molar-refractivity contribution in [1.82, 2.24) is 14.7 Å². The zero-order valence-electron chi connectivity index (χ0n) is 9.93. The van der Waals surface area contributed by atoms with Gasteiger partial charge in [0.05, 0.1) is 11.2 Å². The molecular weight excluding hydrogens is 271 g/mol. The molecule has 1 aromatic carbocycles. The molecule has 6 nitrogen and oxygen atoms in total. The minimum Gasteiger partial charge on any atom is -0.399 e. The van der Waals surface area contributed by atoms with Gasteiger partial charge in [0.25, 0.3) is 0 Å².